The monoisotopic (exact) mass is 285 g/mol. The number of benzene rings is 1. The van der Waals surface area contributed by atoms with Crippen molar-refractivity contribution in [3.63, 3.8) is 0 Å². The lowest BCUT2D eigenvalue weighted by molar-refractivity contribution is 0.265. The Hall–Kier alpha value is -2.16. The minimum Gasteiger partial charge on any atom is -0.508 e. The molecule has 21 heavy (non-hydrogen) atoms. The van der Waals surface area contributed by atoms with Crippen molar-refractivity contribution >= 4 is 5.70 Å². The predicted molar refractivity (Wildman–Crippen MR) is 86.4 cm³/mol. The van der Waals surface area contributed by atoms with E-state index >= 15 is 0 Å². The molecule has 0 saturated carbocycles. The van der Waals surface area contributed by atoms with Crippen molar-refractivity contribution in [2.24, 2.45) is 11.7 Å². The van der Waals surface area contributed by atoms with Crippen molar-refractivity contribution in [1.82, 2.24) is 0 Å². The Morgan fingerprint density at radius 3 is 2.67 bits per heavy atom. The first-order valence-electron chi connectivity index (χ1n) is 7.35. The van der Waals surface area contributed by atoms with E-state index in [1.54, 1.807) is 13.2 Å². The molecule has 0 aromatic heterocycles. The minimum absolute atomic E-state index is 0.216. The van der Waals surface area contributed by atoms with E-state index in [9.17, 15) is 5.11 Å². The summed E-state index contributed by atoms with van der Waals surface area (Å²) in [5, 5.41) is 10.4. The average molecular weight is 285 g/mol. The molecule has 0 saturated heterocycles. The molecule has 0 aliphatic heterocycles. The second-order valence-corrected chi connectivity index (χ2v) is 5.23. The first-order valence-corrected chi connectivity index (χ1v) is 7.35. The van der Waals surface area contributed by atoms with Gasteiger partial charge >= 0.3 is 0 Å². The summed E-state index contributed by atoms with van der Waals surface area (Å²) < 4.78 is 5.32. The van der Waals surface area contributed by atoms with E-state index in [1.165, 1.54) is 0 Å². The zero-order valence-corrected chi connectivity index (χ0v) is 12.7. The lowest BCUT2D eigenvalue weighted by Crippen LogP contribution is -2.11. The number of hydrogen-bond donors (Lipinski definition) is 2. The van der Waals surface area contributed by atoms with Crippen molar-refractivity contribution in [2.45, 2.75) is 26.2 Å². The Morgan fingerprint density at radius 2 is 2.05 bits per heavy atom. The Kier molecular flexibility index (Phi) is 5.09. The SMILES string of the molecule is CCC1C=C(OC)CC/C1=C(O)/C=C(\N)c1ccccc1. The highest BCUT2D eigenvalue weighted by Gasteiger charge is 2.20. The number of aliphatic hydroxyl groups is 1. The van der Waals surface area contributed by atoms with Crippen LogP contribution in [0.15, 0.2) is 59.6 Å². The molecule has 3 N–H and O–H groups in total. The quantitative estimate of drug-likeness (QED) is 0.817. The van der Waals surface area contributed by atoms with E-state index in [4.69, 9.17) is 10.5 Å². The fourth-order valence-corrected chi connectivity index (χ4v) is 2.66. The Labute approximate surface area is 126 Å². The van der Waals surface area contributed by atoms with Crippen molar-refractivity contribution in [2.75, 3.05) is 7.11 Å². The van der Waals surface area contributed by atoms with Gasteiger partial charge in [0, 0.05) is 24.1 Å². The second kappa shape index (κ2) is 7.02. The summed E-state index contributed by atoms with van der Waals surface area (Å²) in [5.41, 5.74) is 8.61. The fourth-order valence-electron chi connectivity index (χ4n) is 2.66. The maximum Gasteiger partial charge on any atom is 0.117 e. The van der Waals surface area contributed by atoms with Crippen LogP contribution in [0.25, 0.3) is 5.70 Å². The molecule has 3 nitrogen and oxygen atoms in total. The third-order valence-electron chi connectivity index (χ3n) is 3.91. The van der Waals surface area contributed by atoms with Gasteiger partial charge in [-0.25, -0.2) is 0 Å². The molecule has 1 aromatic carbocycles. The number of nitrogens with two attached hydrogens (primary N) is 1. The average Bonchev–Trinajstić information content (AvgIpc) is 2.54. The molecule has 0 radical (unpaired) electrons. The highest BCUT2D eigenvalue weighted by Crippen LogP contribution is 2.33. The van der Waals surface area contributed by atoms with Crippen molar-refractivity contribution in [3.05, 3.63) is 65.1 Å². The standard InChI is InChI=1S/C18H23NO2/c1-3-13-11-15(21-2)9-10-16(13)18(20)12-17(19)14-7-5-4-6-8-14/h4-8,11-13,20H,3,9-10,19H2,1-2H3/b17-12-,18-16+. The number of methoxy groups -OCH3 is 1. The van der Waals surface area contributed by atoms with E-state index in [-0.39, 0.29) is 11.7 Å². The van der Waals surface area contributed by atoms with Crippen LogP contribution in [0.4, 0.5) is 0 Å². The van der Waals surface area contributed by atoms with Crippen LogP contribution < -0.4 is 5.73 Å². The molecule has 1 unspecified atom stereocenters. The zero-order chi connectivity index (χ0) is 15.2. The summed E-state index contributed by atoms with van der Waals surface area (Å²) in [6.07, 6.45) is 6.33. The van der Waals surface area contributed by atoms with Gasteiger partial charge in [0.05, 0.1) is 12.9 Å². The zero-order valence-electron chi connectivity index (χ0n) is 12.7. The summed E-state index contributed by atoms with van der Waals surface area (Å²) in [4.78, 5) is 0. The van der Waals surface area contributed by atoms with Gasteiger partial charge in [-0.15, -0.1) is 0 Å². The summed E-state index contributed by atoms with van der Waals surface area (Å²) >= 11 is 0. The van der Waals surface area contributed by atoms with Gasteiger partial charge in [-0.2, -0.15) is 0 Å². The van der Waals surface area contributed by atoms with E-state index < -0.39 is 0 Å². The summed E-state index contributed by atoms with van der Waals surface area (Å²) in [5.74, 6) is 1.50. The Morgan fingerprint density at radius 1 is 1.33 bits per heavy atom. The van der Waals surface area contributed by atoms with Gasteiger partial charge in [0.25, 0.3) is 0 Å². The first-order chi connectivity index (χ1) is 10.2. The maximum atomic E-state index is 10.4. The summed E-state index contributed by atoms with van der Waals surface area (Å²) in [7, 11) is 1.69. The minimum atomic E-state index is 0.216. The van der Waals surface area contributed by atoms with Crippen molar-refractivity contribution in [3.8, 4) is 0 Å². The largest absolute Gasteiger partial charge is 0.508 e. The van der Waals surface area contributed by atoms with Gasteiger partial charge in [-0.1, -0.05) is 37.3 Å². The molecule has 0 heterocycles. The Balaban J connectivity index is 2.29. The van der Waals surface area contributed by atoms with Crippen molar-refractivity contribution in [1.29, 1.82) is 0 Å². The van der Waals surface area contributed by atoms with Gasteiger partial charge in [0.2, 0.25) is 0 Å². The predicted octanol–water partition coefficient (Wildman–Crippen LogP) is 4.15. The number of hydrogen-bond acceptors (Lipinski definition) is 3. The topological polar surface area (TPSA) is 55.5 Å². The van der Waals surface area contributed by atoms with Gasteiger partial charge < -0.3 is 15.6 Å². The highest BCUT2D eigenvalue weighted by molar-refractivity contribution is 5.65. The van der Waals surface area contributed by atoms with E-state index in [2.05, 4.69) is 13.0 Å². The first kappa shape index (κ1) is 15.2. The van der Waals surface area contributed by atoms with Crippen LogP contribution in [0.5, 0.6) is 0 Å². The molecule has 0 spiro atoms. The summed E-state index contributed by atoms with van der Waals surface area (Å²) in [6, 6.07) is 9.68. The normalized spacial score (nSPS) is 21.7. The number of rotatable bonds is 4. The number of allylic oxidation sites excluding steroid dienone is 4. The van der Waals surface area contributed by atoms with E-state index in [1.807, 2.05) is 30.3 Å². The molecule has 3 heteroatoms. The number of aliphatic hydroxyl groups excluding tert-OH is 1. The molecule has 112 valence electrons. The molecule has 0 amide bonds. The molecular formula is C18H23NO2. The second-order valence-electron chi connectivity index (χ2n) is 5.23. The van der Waals surface area contributed by atoms with Crippen molar-refractivity contribution < 1.29 is 9.84 Å². The molecule has 1 aromatic rings. The van der Waals surface area contributed by atoms with Crippen LogP contribution in [0.3, 0.4) is 0 Å². The van der Waals surface area contributed by atoms with Crippen LogP contribution in [0, 0.1) is 5.92 Å². The molecule has 1 atom stereocenters. The highest BCUT2D eigenvalue weighted by atomic mass is 16.5. The van der Waals surface area contributed by atoms with Crippen LogP contribution in [-0.4, -0.2) is 12.2 Å². The lowest BCUT2D eigenvalue weighted by atomic mass is 9.86. The molecule has 1 aliphatic carbocycles. The third kappa shape index (κ3) is 3.69. The van der Waals surface area contributed by atoms with E-state index in [0.29, 0.717) is 5.70 Å². The lowest BCUT2D eigenvalue weighted by Gasteiger charge is -2.23. The molecule has 0 fully saturated rings. The summed E-state index contributed by atoms with van der Waals surface area (Å²) in [6.45, 7) is 2.11. The molecule has 1 aliphatic rings. The Bertz CT molecular complexity index is 570. The maximum absolute atomic E-state index is 10.4. The fraction of sp³-hybridized carbons (Fsp3) is 0.333. The van der Waals surface area contributed by atoms with Crippen LogP contribution in [0.1, 0.15) is 31.7 Å². The van der Waals surface area contributed by atoms with E-state index in [0.717, 1.165) is 36.2 Å². The van der Waals surface area contributed by atoms with Gasteiger partial charge in [-0.05, 0) is 30.1 Å². The molecule has 2 rings (SSSR count). The molecular weight excluding hydrogens is 262 g/mol. The van der Waals surface area contributed by atoms with Gasteiger partial charge in [-0.3, -0.25) is 0 Å². The smallest absolute Gasteiger partial charge is 0.117 e. The van der Waals surface area contributed by atoms with Crippen LogP contribution in [-0.2, 0) is 4.74 Å². The van der Waals surface area contributed by atoms with Crippen LogP contribution in [0.2, 0.25) is 0 Å². The van der Waals surface area contributed by atoms with Gasteiger partial charge in [0.15, 0.2) is 0 Å². The molecule has 0 bridgehead atoms. The van der Waals surface area contributed by atoms with Crippen LogP contribution >= 0.6 is 0 Å². The van der Waals surface area contributed by atoms with Gasteiger partial charge in [0.1, 0.15) is 5.76 Å². The third-order valence-corrected chi connectivity index (χ3v) is 3.91. The number of ether oxygens (including phenoxy) is 1.